The highest BCUT2D eigenvalue weighted by atomic mass is 14.4. The molecule has 1 saturated carbocycles. The highest BCUT2D eigenvalue weighted by Gasteiger charge is 2.39. The molecule has 0 saturated heterocycles. The van der Waals surface area contributed by atoms with Crippen LogP contribution >= 0.6 is 0 Å². The normalized spacial score (nSPS) is 20.4. The average molecular weight is 269 g/mol. The number of aryl methyl sites for hydroxylation is 3. The molecule has 1 aromatic rings. The van der Waals surface area contributed by atoms with Crippen molar-refractivity contribution in [3.63, 3.8) is 0 Å². The summed E-state index contributed by atoms with van der Waals surface area (Å²) in [7, 11) is 0. The lowest BCUT2D eigenvalue weighted by Crippen LogP contribution is -2.32. The van der Waals surface area contributed by atoms with Gasteiger partial charge < -0.3 is 0 Å². The molecule has 1 fully saturated rings. The van der Waals surface area contributed by atoms with Crippen molar-refractivity contribution >= 4 is 0 Å². The molecule has 0 spiro atoms. The lowest BCUT2D eigenvalue weighted by atomic mass is 9.63. The molecule has 1 aliphatic carbocycles. The molecule has 0 aliphatic heterocycles. The van der Waals surface area contributed by atoms with Crippen molar-refractivity contribution < 1.29 is 0 Å². The summed E-state index contributed by atoms with van der Waals surface area (Å²) in [6, 6.07) is 7.17. The zero-order chi connectivity index (χ0) is 15.0. The third kappa shape index (κ3) is 3.06. The number of nitrogens with zero attached hydrogens (tertiary/aromatic N) is 1. The number of rotatable bonds is 2. The van der Waals surface area contributed by atoms with Crippen LogP contribution in [0, 0.1) is 42.9 Å². The topological polar surface area (TPSA) is 23.8 Å². The minimum absolute atomic E-state index is 0.139. The van der Waals surface area contributed by atoms with Crippen LogP contribution in [-0.2, 0) is 6.42 Å². The second kappa shape index (κ2) is 5.24. The lowest BCUT2D eigenvalue weighted by molar-refractivity contribution is 0.145. The van der Waals surface area contributed by atoms with Gasteiger partial charge in [-0.25, -0.2) is 0 Å². The van der Waals surface area contributed by atoms with Gasteiger partial charge in [-0.1, -0.05) is 31.5 Å². The molecule has 0 radical (unpaired) electrons. The summed E-state index contributed by atoms with van der Waals surface area (Å²) in [6.45, 7) is 11.2. The molecule has 108 valence electrons. The summed E-state index contributed by atoms with van der Waals surface area (Å²) in [5.41, 5.74) is 5.69. The van der Waals surface area contributed by atoms with Crippen molar-refractivity contribution in [2.75, 3.05) is 0 Å². The number of hydrogen-bond acceptors (Lipinski definition) is 1. The minimum atomic E-state index is -0.139. The van der Waals surface area contributed by atoms with E-state index in [1.54, 1.807) is 0 Å². The fourth-order valence-corrected chi connectivity index (χ4v) is 3.56. The van der Waals surface area contributed by atoms with E-state index in [1.165, 1.54) is 35.1 Å². The number of hydrogen-bond donors (Lipinski definition) is 0. The Balaban J connectivity index is 2.27. The summed E-state index contributed by atoms with van der Waals surface area (Å²) in [4.78, 5) is 0. The molecule has 20 heavy (non-hydrogen) atoms. The maximum Gasteiger partial charge on any atom is 0.0693 e. The first-order valence-corrected chi connectivity index (χ1v) is 7.75. The van der Waals surface area contributed by atoms with E-state index in [0.29, 0.717) is 5.41 Å². The van der Waals surface area contributed by atoms with Crippen LogP contribution in [0.2, 0.25) is 0 Å². The summed E-state index contributed by atoms with van der Waals surface area (Å²) in [5, 5.41) is 9.76. The maximum absolute atomic E-state index is 9.76. The van der Waals surface area contributed by atoms with Gasteiger partial charge >= 0.3 is 0 Å². The van der Waals surface area contributed by atoms with Gasteiger partial charge in [-0.2, -0.15) is 5.26 Å². The summed E-state index contributed by atoms with van der Waals surface area (Å²) >= 11 is 0. The van der Waals surface area contributed by atoms with Gasteiger partial charge in [0.2, 0.25) is 0 Å². The van der Waals surface area contributed by atoms with Crippen LogP contribution in [0.5, 0.6) is 0 Å². The van der Waals surface area contributed by atoms with Crippen LogP contribution in [0.3, 0.4) is 0 Å². The molecule has 1 heteroatoms. The largest absolute Gasteiger partial charge is 0.198 e. The van der Waals surface area contributed by atoms with Crippen molar-refractivity contribution in [2.45, 2.75) is 66.7 Å². The standard InChI is InChI=1S/C19H27N/c1-14-10-15(2)17(16(3)11-14)12-19(13-20)8-6-18(4,5)7-9-19/h10-11H,6-9,12H2,1-5H3. The van der Waals surface area contributed by atoms with E-state index >= 15 is 0 Å². The van der Waals surface area contributed by atoms with Gasteiger partial charge in [0.1, 0.15) is 0 Å². The van der Waals surface area contributed by atoms with Crippen LogP contribution in [-0.4, -0.2) is 0 Å². The number of nitriles is 1. The van der Waals surface area contributed by atoms with Crippen molar-refractivity contribution in [1.29, 1.82) is 5.26 Å². The van der Waals surface area contributed by atoms with E-state index in [4.69, 9.17) is 0 Å². The molecule has 0 unspecified atom stereocenters. The minimum Gasteiger partial charge on any atom is -0.198 e. The summed E-state index contributed by atoms with van der Waals surface area (Å²) < 4.78 is 0. The Morgan fingerprint density at radius 3 is 1.95 bits per heavy atom. The number of benzene rings is 1. The van der Waals surface area contributed by atoms with Gasteiger partial charge in [0, 0.05) is 0 Å². The maximum atomic E-state index is 9.76. The fourth-order valence-electron chi connectivity index (χ4n) is 3.56. The average Bonchev–Trinajstić information content (AvgIpc) is 2.36. The molecule has 0 aromatic heterocycles. The first kappa shape index (κ1) is 15.1. The van der Waals surface area contributed by atoms with Gasteiger partial charge in [0.15, 0.2) is 0 Å². The molecule has 0 N–H and O–H groups in total. The van der Waals surface area contributed by atoms with Crippen molar-refractivity contribution in [3.05, 3.63) is 34.4 Å². The quantitative estimate of drug-likeness (QED) is 0.718. The van der Waals surface area contributed by atoms with Crippen LogP contribution in [0.1, 0.15) is 61.8 Å². The Kier molecular flexibility index (Phi) is 3.96. The lowest BCUT2D eigenvalue weighted by Gasteiger charge is -2.40. The SMILES string of the molecule is Cc1cc(C)c(CC2(C#N)CCC(C)(C)CC2)c(C)c1. The summed E-state index contributed by atoms with van der Waals surface area (Å²) in [6.07, 6.45) is 5.36. The van der Waals surface area contributed by atoms with Crippen LogP contribution in [0.25, 0.3) is 0 Å². The second-order valence-corrected chi connectivity index (χ2v) is 7.61. The molecule has 2 rings (SSSR count). The smallest absolute Gasteiger partial charge is 0.0693 e. The van der Waals surface area contributed by atoms with Crippen LogP contribution in [0.4, 0.5) is 0 Å². The van der Waals surface area contributed by atoms with E-state index in [1.807, 2.05) is 0 Å². The van der Waals surface area contributed by atoms with Gasteiger partial charge in [-0.05, 0) is 75.0 Å². The predicted octanol–water partition coefficient (Wildman–Crippen LogP) is 5.26. The van der Waals surface area contributed by atoms with E-state index in [-0.39, 0.29) is 5.41 Å². The Morgan fingerprint density at radius 2 is 1.50 bits per heavy atom. The second-order valence-electron chi connectivity index (χ2n) is 7.61. The zero-order valence-corrected chi connectivity index (χ0v) is 13.6. The Hall–Kier alpha value is -1.29. The summed E-state index contributed by atoms with van der Waals surface area (Å²) in [5.74, 6) is 0. The Labute approximate surface area is 124 Å². The molecule has 1 aliphatic rings. The zero-order valence-electron chi connectivity index (χ0n) is 13.6. The monoisotopic (exact) mass is 269 g/mol. The highest BCUT2D eigenvalue weighted by Crippen LogP contribution is 2.46. The van der Waals surface area contributed by atoms with E-state index in [2.05, 4.69) is 52.8 Å². The third-order valence-electron chi connectivity index (χ3n) is 5.15. The molecular weight excluding hydrogens is 242 g/mol. The van der Waals surface area contributed by atoms with E-state index < -0.39 is 0 Å². The fraction of sp³-hybridized carbons (Fsp3) is 0.632. The van der Waals surface area contributed by atoms with Gasteiger partial charge in [-0.3, -0.25) is 0 Å². The van der Waals surface area contributed by atoms with Crippen molar-refractivity contribution in [2.24, 2.45) is 10.8 Å². The molecule has 0 amide bonds. The molecule has 0 heterocycles. The van der Waals surface area contributed by atoms with E-state index in [0.717, 1.165) is 19.3 Å². The van der Waals surface area contributed by atoms with Gasteiger partial charge in [0.05, 0.1) is 11.5 Å². The van der Waals surface area contributed by atoms with Gasteiger partial charge in [0.25, 0.3) is 0 Å². The highest BCUT2D eigenvalue weighted by molar-refractivity contribution is 5.39. The van der Waals surface area contributed by atoms with Crippen molar-refractivity contribution in [1.82, 2.24) is 0 Å². The van der Waals surface area contributed by atoms with Gasteiger partial charge in [-0.15, -0.1) is 0 Å². The Bertz CT molecular complexity index is 512. The molecule has 0 atom stereocenters. The van der Waals surface area contributed by atoms with Crippen LogP contribution < -0.4 is 0 Å². The molecular formula is C19H27N. The molecule has 1 aromatic carbocycles. The molecule has 1 nitrogen and oxygen atoms in total. The first-order chi connectivity index (χ1) is 9.27. The van der Waals surface area contributed by atoms with Crippen LogP contribution in [0.15, 0.2) is 12.1 Å². The Morgan fingerprint density at radius 1 is 1.00 bits per heavy atom. The molecule has 0 bridgehead atoms. The van der Waals surface area contributed by atoms with Crippen molar-refractivity contribution in [3.8, 4) is 6.07 Å². The predicted molar refractivity (Wildman–Crippen MR) is 84.7 cm³/mol. The third-order valence-corrected chi connectivity index (χ3v) is 5.15. The first-order valence-electron chi connectivity index (χ1n) is 7.75. The van der Waals surface area contributed by atoms with E-state index in [9.17, 15) is 5.26 Å².